The van der Waals surface area contributed by atoms with Crippen LogP contribution in [-0.4, -0.2) is 5.91 Å². The Balaban J connectivity index is 2.42. The third-order valence-electron chi connectivity index (χ3n) is 2.82. The zero-order valence-electron chi connectivity index (χ0n) is 7.79. The first-order valence-electron chi connectivity index (χ1n) is 4.77. The van der Waals surface area contributed by atoms with Crippen molar-refractivity contribution in [2.45, 2.75) is 25.2 Å². The average molecular weight is 193 g/mol. The number of hydrogen-bond donors (Lipinski definition) is 1. The molecular weight excluding hydrogens is 181 g/mol. The molecule has 1 aliphatic carbocycles. The quantitative estimate of drug-likeness (QED) is 0.768. The molecule has 1 saturated carbocycles. The van der Waals surface area contributed by atoms with E-state index in [0.29, 0.717) is 11.5 Å². The van der Waals surface area contributed by atoms with Crippen molar-refractivity contribution >= 4 is 5.91 Å². The van der Waals surface area contributed by atoms with Crippen LogP contribution >= 0.6 is 0 Å². The lowest BCUT2D eigenvalue weighted by Gasteiger charge is -2.27. The Bertz CT molecular complexity index is 372. The van der Waals surface area contributed by atoms with Crippen molar-refractivity contribution in [3.63, 3.8) is 0 Å². The molecule has 2 nitrogen and oxygen atoms in total. The Hall–Kier alpha value is -1.38. The fourth-order valence-electron chi connectivity index (χ4n) is 1.81. The first kappa shape index (κ1) is 9.19. The van der Waals surface area contributed by atoms with Gasteiger partial charge in [-0.25, -0.2) is 4.39 Å². The van der Waals surface area contributed by atoms with Crippen LogP contribution in [0.5, 0.6) is 0 Å². The molecule has 2 N–H and O–H groups in total. The molecule has 0 atom stereocenters. The number of hydrogen-bond acceptors (Lipinski definition) is 1. The Morgan fingerprint density at radius 1 is 1.43 bits per heavy atom. The molecule has 1 aromatic rings. The smallest absolute Gasteiger partial charge is 0.248 e. The van der Waals surface area contributed by atoms with Crippen LogP contribution in [0.2, 0.25) is 0 Å². The van der Waals surface area contributed by atoms with Gasteiger partial charge in [0.15, 0.2) is 0 Å². The van der Waals surface area contributed by atoms with E-state index >= 15 is 0 Å². The molecule has 1 amide bonds. The minimum atomic E-state index is -0.466. The summed E-state index contributed by atoms with van der Waals surface area (Å²) in [6, 6.07) is 4.19. The van der Waals surface area contributed by atoms with Crippen molar-refractivity contribution < 1.29 is 9.18 Å². The minimum absolute atomic E-state index is 0.295. The van der Waals surface area contributed by atoms with E-state index in [2.05, 4.69) is 0 Å². The summed E-state index contributed by atoms with van der Waals surface area (Å²) in [6.07, 6.45) is 3.22. The third kappa shape index (κ3) is 1.50. The second-order valence-electron chi connectivity index (χ2n) is 3.72. The molecule has 0 aliphatic heterocycles. The van der Waals surface area contributed by atoms with Crippen LogP contribution in [0.1, 0.15) is 41.1 Å². The van der Waals surface area contributed by atoms with E-state index in [1.54, 1.807) is 0 Å². The van der Waals surface area contributed by atoms with Gasteiger partial charge >= 0.3 is 0 Å². The van der Waals surface area contributed by atoms with Crippen LogP contribution in [0.15, 0.2) is 18.2 Å². The first-order valence-corrected chi connectivity index (χ1v) is 4.77. The van der Waals surface area contributed by atoms with Crippen LogP contribution in [0, 0.1) is 5.82 Å². The van der Waals surface area contributed by atoms with Crippen molar-refractivity contribution in [1.82, 2.24) is 0 Å². The molecule has 0 saturated heterocycles. The summed E-state index contributed by atoms with van der Waals surface area (Å²) in [5.74, 6) is -0.433. The standard InChI is InChI=1S/C11H12FNO/c12-8-4-5-9(11(13)14)10(6-8)7-2-1-3-7/h4-7H,1-3H2,(H2,13,14). The maximum atomic E-state index is 13.0. The maximum absolute atomic E-state index is 13.0. The van der Waals surface area contributed by atoms with Gasteiger partial charge in [0, 0.05) is 5.56 Å². The molecule has 0 aromatic heterocycles. The lowest BCUT2D eigenvalue weighted by Crippen LogP contribution is -2.18. The van der Waals surface area contributed by atoms with E-state index < -0.39 is 5.91 Å². The summed E-state index contributed by atoms with van der Waals surface area (Å²) in [6.45, 7) is 0. The number of amides is 1. The average Bonchev–Trinajstić information content (AvgIpc) is 2.00. The molecule has 74 valence electrons. The molecule has 1 aromatic carbocycles. The highest BCUT2D eigenvalue weighted by Gasteiger charge is 2.24. The van der Waals surface area contributed by atoms with Gasteiger partial charge in [-0.15, -0.1) is 0 Å². The molecule has 0 heterocycles. The zero-order chi connectivity index (χ0) is 10.1. The van der Waals surface area contributed by atoms with E-state index in [0.717, 1.165) is 24.8 Å². The summed E-state index contributed by atoms with van der Waals surface area (Å²) in [7, 11) is 0. The number of rotatable bonds is 2. The maximum Gasteiger partial charge on any atom is 0.248 e. The Morgan fingerprint density at radius 2 is 2.14 bits per heavy atom. The topological polar surface area (TPSA) is 43.1 Å². The monoisotopic (exact) mass is 193 g/mol. The van der Waals surface area contributed by atoms with Gasteiger partial charge in [-0.1, -0.05) is 6.42 Å². The Kier molecular flexibility index (Phi) is 2.23. The van der Waals surface area contributed by atoms with Crippen molar-refractivity contribution in [2.75, 3.05) is 0 Å². The molecule has 14 heavy (non-hydrogen) atoms. The molecule has 0 bridgehead atoms. The Morgan fingerprint density at radius 3 is 2.64 bits per heavy atom. The zero-order valence-corrected chi connectivity index (χ0v) is 7.79. The van der Waals surface area contributed by atoms with E-state index in [4.69, 9.17) is 5.73 Å². The van der Waals surface area contributed by atoms with Crippen molar-refractivity contribution in [3.05, 3.63) is 35.1 Å². The lowest BCUT2D eigenvalue weighted by atomic mass is 9.78. The summed E-state index contributed by atoms with van der Waals surface area (Å²) in [4.78, 5) is 11.1. The molecule has 2 rings (SSSR count). The largest absolute Gasteiger partial charge is 0.366 e. The normalized spacial score (nSPS) is 16.4. The fourth-order valence-corrected chi connectivity index (χ4v) is 1.81. The number of nitrogens with two attached hydrogens (primary N) is 1. The van der Waals surface area contributed by atoms with Gasteiger partial charge in [-0.05, 0) is 42.5 Å². The van der Waals surface area contributed by atoms with E-state index in [1.165, 1.54) is 18.2 Å². The van der Waals surface area contributed by atoms with Crippen molar-refractivity contribution in [1.29, 1.82) is 0 Å². The highest BCUT2D eigenvalue weighted by molar-refractivity contribution is 5.94. The van der Waals surface area contributed by atoms with Gasteiger partial charge in [-0.2, -0.15) is 0 Å². The highest BCUT2D eigenvalue weighted by Crippen LogP contribution is 2.38. The predicted molar refractivity (Wildman–Crippen MR) is 51.5 cm³/mol. The molecule has 3 heteroatoms. The molecule has 0 spiro atoms. The summed E-state index contributed by atoms with van der Waals surface area (Å²) in [5.41, 5.74) is 6.47. The highest BCUT2D eigenvalue weighted by atomic mass is 19.1. The summed E-state index contributed by atoms with van der Waals surface area (Å²) >= 11 is 0. The SMILES string of the molecule is NC(=O)c1ccc(F)cc1C1CCC1. The van der Waals surface area contributed by atoms with Gasteiger partial charge in [0.2, 0.25) is 5.91 Å². The van der Waals surface area contributed by atoms with E-state index in [1.807, 2.05) is 0 Å². The van der Waals surface area contributed by atoms with Gasteiger partial charge in [0.25, 0.3) is 0 Å². The van der Waals surface area contributed by atoms with E-state index in [9.17, 15) is 9.18 Å². The molecule has 1 fully saturated rings. The molecule has 1 aliphatic rings. The summed E-state index contributed by atoms with van der Waals surface area (Å²) < 4.78 is 13.0. The molecule has 0 unspecified atom stereocenters. The van der Waals surface area contributed by atoms with Crippen LogP contribution in [0.25, 0.3) is 0 Å². The summed E-state index contributed by atoms with van der Waals surface area (Å²) in [5, 5.41) is 0. The third-order valence-corrected chi connectivity index (χ3v) is 2.82. The predicted octanol–water partition coefficient (Wildman–Crippen LogP) is 2.19. The van der Waals surface area contributed by atoms with E-state index in [-0.39, 0.29) is 5.82 Å². The number of carbonyl (C=O) groups is 1. The lowest BCUT2D eigenvalue weighted by molar-refractivity contribution is 0.0998. The van der Waals surface area contributed by atoms with Crippen LogP contribution in [0.4, 0.5) is 4.39 Å². The molecule has 0 radical (unpaired) electrons. The fraction of sp³-hybridized carbons (Fsp3) is 0.364. The van der Waals surface area contributed by atoms with Crippen molar-refractivity contribution in [3.8, 4) is 0 Å². The second kappa shape index (κ2) is 3.40. The van der Waals surface area contributed by atoms with Gasteiger partial charge in [-0.3, -0.25) is 4.79 Å². The second-order valence-corrected chi connectivity index (χ2v) is 3.72. The molecular formula is C11H12FNO. The minimum Gasteiger partial charge on any atom is -0.366 e. The van der Waals surface area contributed by atoms with Gasteiger partial charge < -0.3 is 5.73 Å². The Labute approximate surface area is 81.9 Å². The number of halogens is 1. The number of benzene rings is 1. The van der Waals surface area contributed by atoms with Gasteiger partial charge in [0.05, 0.1) is 0 Å². The number of carbonyl (C=O) groups excluding carboxylic acids is 1. The van der Waals surface area contributed by atoms with Crippen LogP contribution < -0.4 is 5.73 Å². The first-order chi connectivity index (χ1) is 6.68. The van der Waals surface area contributed by atoms with Crippen LogP contribution in [0.3, 0.4) is 0 Å². The van der Waals surface area contributed by atoms with Crippen LogP contribution in [-0.2, 0) is 0 Å². The number of primary amides is 1. The van der Waals surface area contributed by atoms with Crippen molar-refractivity contribution in [2.24, 2.45) is 5.73 Å². The van der Waals surface area contributed by atoms with Gasteiger partial charge in [0.1, 0.15) is 5.82 Å².